The van der Waals surface area contributed by atoms with E-state index in [2.05, 4.69) is 50.3 Å². The highest BCUT2D eigenvalue weighted by molar-refractivity contribution is 9.10. The Labute approximate surface area is 130 Å². The second-order valence-electron chi connectivity index (χ2n) is 5.11. The molecule has 0 bridgehead atoms. The molecule has 0 fully saturated rings. The molecule has 0 saturated carbocycles. The summed E-state index contributed by atoms with van der Waals surface area (Å²) in [5, 5.41) is 3.35. The van der Waals surface area contributed by atoms with Gasteiger partial charge in [0.15, 0.2) is 0 Å². The summed E-state index contributed by atoms with van der Waals surface area (Å²) in [6.07, 6.45) is 0. The summed E-state index contributed by atoms with van der Waals surface area (Å²) in [6, 6.07) is 12.3. The highest BCUT2D eigenvalue weighted by Crippen LogP contribution is 2.28. The summed E-state index contributed by atoms with van der Waals surface area (Å²) in [6.45, 7) is 2.10. The first-order valence-corrected chi connectivity index (χ1v) is 7.53. The molecule has 108 valence electrons. The third-order valence-electron chi connectivity index (χ3n) is 3.70. The van der Waals surface area contributed by atoms with Crippen LogP contribution in [0.5, 0.6) is 0 Å². The quantitative estimate of drug-likeness (QED) is 0.682. The SMILES string of the molecule is CNC(c1ccc2[nH]c(=O)[nH]c2c1)c1ccc(Br)cc1C. The Hall–Kier alpha value is -1.85. The maximum absolute atomic E-state index is 11.4. The average Bonchev–Trinajstić information content (AvgIpc) is 2.81. The van der Waals surface area contributed by atoms with Gasteiger partial charge in [0, 0.05) is 4.47 Å². The third kappa shape index (κ3) is 2.66. The van der Waals surface area contributed by atoms with Gasteiger partial charge in [0.2, 0.25) is 0 Å². The smallest absolute Gasteiger partial charge is 0.309 e. The van der Waals surface area contributed by atoms with Crippen LogP contribution in [0.25, 0.3) is 11.0 Å². The number of benzene rings is 2. The highest BCUT2D eigenvalue weighted by Gasteiger charge is 2.15. The molecule has 5 heteroatoms. The number of imidazole rings is 1. The van der Waals surface area contributed by atoms with E-state index in [1.807, 2.05) is 31.3 Å². The van der Waals surface area contributed by atoms with Gasteiger partial charge in [0.05, 0.1) is 17.1 Å². The Bertz CT molecular complexity index is 850. The molecule has 1 atom stereocenters. The number of aromatic nitrogens is 2. The third-order valence-corrected chi connectivity index (χ3v) is 4.20. The fourth-order valence-electron chi connectivity index (χ4n) is 2.69. The van der Waals surface area contributed by atoms with E-state index in [1.54, 1.807) is 0 Å². The molecule has 0 aliphatic carbocycles. The molecule has 21 heavy (non-hydrogen) atoms. The van der Waals surface area contributed by atoms with E-state index in [4.69, 9.17) is 0 Å². The molecule has 2 aromatic carbocycles. The van der Waals surface area contributed by atoms with Crippen molar-refractivity contribution in [3.05, 3.63) is 68.0 Å². The van der Waals surface area contributed by atoms with Gasteiger partial charge in [-0.05, 0) is 54.9 Å². The molecule has 1 unspecified atom stereocenters. The van der Waals surface area contributed by atoms with Crippen molar-refractivity contribution >= 4 is 27.0 Å². The van der Waals surface area contributed by atoms with Crippen LogP contribution in [0.15, 0.2) is 45.7 Å². The zero-order chi connectivity index (χ0) is 15.0. The number of rotatable bonds is 3. The maximum Gasteiger partial charge on any atom is 0.323 e. The molecule has 3 aromatic rings. The molecule has 0 radical (unpaired) electrons. The number of H-pyrrole nitrogens is 2. The molecule has 0 aliphatic heterocycles. The van der Waals surface area contributed by atoms with Crippen molar-refractivity contribution in [1.29, 1.82) is 0 Å². The average molecular weight is 346 g/mol. The fraction of sp³-hybridized carbons (Fsp3) is 0.188. The largest absolute Gasteiger partial charge is 0.323 e. The number of fused-ring (bicyclic) bond motifs is 1. The van der Waals surface area contributed by atoms with Crippen molar-refractivity contribution in [3.8, 4) is 0 Å². The van der Waals surface area contributed by atoms with Gasteiger partial charge in [-0.3, -0.25) is 0 Å². The molecule has 3 rings (SSSR count). The van der Waals surface area contributed by atoms with Crippen LogP contribution >= 0.6 is 15.9 Å². The molecular formula is C16H16BrN3O. The maximum atomic E-state index is 11.4. The Morgan fingerprint density at radius 3 is 2.57 bits per heavy atom. The molecule has 0 amide bonds. The van der Waals surface area contributed by atoms with Crippen molar-refractivity contribution in [2.75, 3.05) is 7.05 Å². The number of aromatic amines is 2. The van der Waals surface area contributed by atoms with E-state index in [0.29, 0.717) is 0 Å². The normalized spacial score (nSPS) is 12.7. The highest BCUT2D eigenvalue weighted by atomic mass is 79.9. The lowest BCUT2D eigenvalue weighted by Crippen LogP contribution is -2.18. The van der Waals surface area contributed by atoms with Crippen LogP contribution in [-0.4, -0.2) is 17.0 Å². The molecular weight excluding hydrogens is 330 g/mol. The predicted octanol–water partition coefficient (Wildman–Crippen LogP) is 3.24. The van der Waals surface area contributed by atoms with Crippen molar-refractivity contribution < 1.29 is 0 Å². The summed E-state index contributed by atoms with van der Waals surface area (Å²) >= 11 is 3.49. The van der Waals surface area contributed by atoms with Crippen LogP contribution < -0.4 is 11.0 Å². The van der Waals surface area contributed by atoms with Crippen LogP contribution in [0.4, 0.5) is 0 Å². The zero-order valence-corrected chi connectivity index (χ0v) is 13.4. The summed E-state index contributed by atoms with van der Waals surface area (Å²) in [5.74, 6) is 0. The van der Waals surface area contributed by atoms with Gasteiger partial charge in [-0.15, -0.1) is 0 Å². The Morgan fingerprint density at radius 1 is 1.10 bits per heavy atom. The number of halogens is 1. The van der Waals surface area contributed by atoms with E-state index in [0.717, 1.165) is 21.1 Å². The molecule has 3 N–H and O–H groups in total. The van der Waals surface area contributed by atoms with Crippen LogP contribution in [-0.2, 0) is 0 Å². The minimum Gasteiger partial charge on any atom is -0.309 e. The van der Waals surface area contributed by atoms with Gasteiger partial charge >= 0.3 is 5.69 Å². The number of nitrogens with one attached hydrogen (secondary N) is 3. The van der Waals surface area contributed by atoms with Gasteiger partial charge in [-0.25, -0.2) is 4.79 Å². The van der Waals surface area contributed by atoms with Gasteiger partial charge in [-0.2, -0.15) is 0 Å². The zero-order valence-electron chi connectivity index (χ0n) is 11.8. The van der Waals surface area contributed by atoms with Crippen molar-refractivity contribution in [2.45, 2.75) is 13.0 Å². The van der Waals surface area contributed by atoms with Crippen molar-refractivity contribution in [2.24, 2.45) is 0 Å². The Balaban J connectivity index is 2.10. The standard InChI is InChI=1S/C16H16BrN3O/c1-9-7-11(17)4-5-12(9)15(18-2)10-3-6-13-14(8-10)20-16(21)19-13/h3-8,15,18H,1-2H3,(H2,19,20,21). The molecule has 4 nitrogen and oxygen atoms in total. The first kappa shape index (κ1) is 14.1. The van der Waals surface area contributed by atoms with Crippen LogP contribution in [0, 0.1) is 6.92 Å². The molecule has 0 saturated heterocycles. The summed E-state index contributed by atoms with van der Waals surface area (Å²) in [5.41, 5.74) is 5.02. The summed E-state index contributed by atoms with van der Waals surface area (Å²) < 4.78 is 1.07. The lowest BCUT2D eigenvalue weighted by molar-refractivity contribution is 0.688. The first-order valence-electron chi connectivity index (χ1n) is 6.74. The second kappa shape index (κ2) is 5.50. The first-order chi connectivity index (χ1) is 10.1. The second-order valence-corrected chi connectivity index (χ2v) is 6.02. The monoisotopic (exact) mass is 345 g/mol. The number of aryl methyl sites for hydroxylation is 1. The molecule has 1 aromatic heterocycles. The van der Waals surface area contributed by atoms with E-state index in [1.165, 1.54) is 11.1 Å². The topological polar surface area (TPSA) is 60.7 Å². The van der Waals surface area contributed by atoms with E-state index < -0.39 is 0 Å². The molecule has 0 aliphatic rings. The molecule has 0 spiro atoms. The lowest BCUT2D eigenvalue weighted by Gasteiger charge is -2.19. The minimum atomic E-state index is -0.178. The van der Waals surface area contributed by atoms with Gasteiger partial charge in [0.1, 0.15) is 0 Å². The van der Waals surface area contributed by atoms with E-state index in [9.17, 15) is 4.79 Å². The van der Waals surface area contributed by atoms with Crippen molar-refractivity contribution in [3.63, 3.8) is 0 Å². The van der Waals surface area contributed by atoms with Crippen LogP contribution in [0.1, 0.15) is 22.7 Å². The fourth-order valence-corrected chi connectivity index (χ4v) is 3.17. The number of hydrogen-bond acceptors (Lipinski definition) is 2. The van der Waals surface area contributed by atoms with Gasteiger partial charge in [-0.1, -0.05) is 28.1 Å². The van der Waals surface area contributed by atoms with Crippen molar-refractivity contribution in [1.82, 2.24) is 15.3 Å². The van der Waals surface area contributed by atoms with Gasteiger partial charge < -0.3 is 15.3 Å². The summed E-state index contributed by atoms with van der Waals surface area (Å²) in [7, 11) is 1.94. The van der Waals surface area contributed by atoms with Gasteiger partial charge in [0.25, 0.3) is 0 Å². The predicted molar refractivity (Wildman–Crippen MR) is 88.7 cm³/mol. The Kier molecular flexibility index (Phi) is 3.69. The minimum absolute atomic E-state index is 0.0842. The lowest BCUT2D eigenvalue weighted by atomic mass is 9.95. The van der Waals surface area contributed by atoms with E-state index >= 15 is 0 Å². The Morgan fingerprint density at radius 2 is 1.86 bits per heavy atom. The van der Waals surface area contributed by atoms with Crippen LogP contribution in [0.3, 0.4) is 0 Å². The summed E-state index contributed by atoms with van der Waals surface area (Å²) in [4.78, 5) is 16.9. The van der Waals surface area contributed by atoms with E-state index in [-0.39, 0.29) is 11.7 Å². The van der Waals surface area contributed by atoms with Crippen LogP contribution in [0.2, 0.25) is 0 Å². The molecule has 1 heterocycles. The number of hydrogen-bond donors (Lipinski definition) is 3.